The predicted molar refractivity (Wildman–Crippen MR) is 86.6 cm³/mol. The van der Waals surface area contributed by atoms with E-state index in [9.17, 15) is 13.2 Å². The van der Waals surface area contributed by atoms with Crippen LogP contribution < -0.4 is 10.6 Å². The molecule has 1 aliphatic heterocycles. The first-order valence-corrected chi connectivity index (χ1v) is 9.59. The highest BCUT2D eigenvalue weighted by Gasteiger charge is 2.34. The van der Waals surface area contributed by atoms with Gasteiger partial charge in [-0.25, -0.2) is 8.42 Å². The van der Waals surface area contributed by atoms with Crippen LogP contribution in [0.2, 0.25) is 0 Å². The van der Waals surface area contributed by atoms with Crippen LogP contribution in [0.5, 0.6) is 0 Å². The van der Waals surface area contributed by atoms with Crippen molar-refractivity contribution in [2.45, 2.75) is 37.1 Å². The maximum Gasteiger partial charge on any atom is 0.275 e. The van der Waals surface area contributed by atoms with Gasteiger partial charge in [0.1, 0.15) is 0 Å². The van der Waals surface area contributed by atoms with Crippen LogP contribution in [0.3, 0.4) is 0 Å². The van der Waals surface area contributed by atoms with E-state index in [-0.39, 0.29) is 11.9 Å². The zero-order valence-corrected chi connectivity index (χ0v) is 14.2. The van der Waals surface area contributed by atoms with Crippen molar-refractivity contribution >= 4 is 15.9 Å². The van der Waals surface area contributed by atoms with E-state index in [2.05, 4.69) is 0 Å². The molecule has 0 spiro atoms. The lowest BCUT2D eigenvalue weighted by Crippen LogP contribution is -3.19. The summed E-state index contributed by atoms with van der Waals surface area (Å²) in [5.74, 6) is -0.338. The highest BCUT2D eigenvalue weighted by molar-refractivity contribution is 7.89. The number of nitrogens with one attached hydrogen (secondary N) is 1. The molecule has 3 rings (SSSR count). The van der Waals surface area contributed by atoms with Gasteiger partial charge in [0, 0.05) is 0 Å². The van der Waals surface area contributed by atoms with E-state index in [1.165, 1.54) is 9.87 Å². The Hall–Kier alpha value is -1.44. The van der Waals surface area contributed by atoms with Crippen LogP contribution >= 0.6 is 0 Å². The second-order valence-electron chi connectivity index (χ2n) is 6.47. The monoisotopic (exact) mass is 338 g/mol. The maximum absolute atomic E-state index is 12.8. The molecule has 2 aliphatic rings. The van der Waals surface area contributed by atoms with E-state index >= 15 is 0 Å². The lowest BCUT2D eigenvalue weighted by Gasteiger charge is -2.33. The molecule has 126 valence electrons. The minimum absolute atomic E-state index is 0.278. The molecule has 1 atom stereocenters. The molecule has 23 heavy (non-hydrogen) atoms. The Morgan fingerprint density at radius 1 is 1.22 bits per heavy atom. The molecule has 1 aromatic carbocycles. The summed E-state index contributed by atoms with van der Waals surface area (Å²) in [4.78, 5) is 12.7. The Kier molecular flexibility index (Phi) is 4.44. The van der Waals surface area contributed by atoms with E-state index in [0.29, 0.717) is 31.1 Å². The summed E-state index contributed by atoms with van der Waals surface area (Å²) >= 11 is 0. The molecule has 7 heteroatoms. The summed E-state index contributed by atoms with van der Waals surface area (Å²) in [6.07, 6.45) is 3.11. The van der Waals surface area contributed by atoms with Gasteiger partial charge in [-0.1, -0.05) is 6.07 Å². The lowest BCUT2D eigenvalue weighted by molar-refractivity contribution is -0.917. The van der Waals surface area contributed by atoms with Crippen LogP contribution in [0, 0.1) is 0 Å². The van der Waals surface area contributed by atoms with Gasteiger partial charge in [-0.3, -0.25) is 4.79 Å². The molecule has 1 heterocycles. The van der Waals surface area contributed by atoms with E-state index in [4.69, 9.17) is 5.73 Å². The molecule has 1 saturated heterocycles. The topological polar surface area (TPSA) is 84.9 Å². The number of hydrogen-bond donors (Lipinski definition) is 2. The Bertz CT molecular complexity index is 709. The van der Waals surface area contributed by atoms with Crippen molar-refractivity contribution in [2.75, 3.05) is 26.2 Å². The van der Waals surface area contributed by atoms with Gasteiger partial charge in [0.05, 0.1) is 31.1 Å². The Morgan fingerprint density at radius 2 is 1.87 bits per heavy atom. The number of nitrogens with zero attached hydrogens (tertiary/aromatic N) is 1. The smallest absolute Gasteiger partial charge is 0.275 e. The first kappa shape index (κ1) is 16.4. The summed E-state index contributed by atoms with van der Waals surface area (Å²) < 4.78 is 27.2. The standard InChI is InChI=1S/C16H23N3O3S/c1-12(16(17)20)18-7-9-19(10-8-18)23(21,22)15-6-5-13-3-2-4-14(13)11-15/h5-6,11-12H,2-4,7-10H2,1H3,(H2,17,20)/p+1/t12-/m0/s1. The molecule has 0 saturated carbocycles. The molecule has 0 radical (unpaired) electrons. The van der Waals surface area contributed by atoms with Gasteiger partial charge in [-0.05, 0) is 49.4 Å². The zero-order chi connectivity index (χ0) is 16.6. The number of hydrogen-bond acceptors (Lipinski definition) is 3. The fourth-order valence-corrected chi connectivity index (χ4v) is 5.00. The van der Waals surface area contributed by atoms with Crippen LogP contribution in [0.4, 0.5) is 0 Å². The minimum Gasteiger partial charge on any atom is -0.365 e. The van der Waals surface area contributed by atoms with E-state index in [1.54, 1.807) is 13.0 Å². The van der Waals surface area contributed by atoms with Crippen molar-refractivity contribution in [3.63, 3.8) is 0 Å². The van der Waals surface area contributed by atoms with Gasteiger partial charge in [-0.15, -0.1) is 0 Å². The number of carbonyl (C=O) groups is 1. The Balaban J connectivity index is 1.73. The van der Waals surface area contributed by atoms with Gasteiger partial charge >= 0.3 is 0 Å². The van der Waals surface area contributed by atoms with Gasteiger partial charge < -0.3 is 10.6 Å². The number of rotatable bonds is 4. The predicted octanol–water partition coefficient (Wildman–Crippen LogP) is -1.06. The maximum atomic E-state index is 12.8. The molecule has 6 nitrogen and oxygen atoms in total. The Morgan fingerprint density at radius 3 is 2.52 bits per heavy atom. The van der Waals surface area contributed by atoms with Crippen LogP contribution in [-0.4, -0.2) is 50.9 Å². The number of benzene rings is 1. The third kappa shape index (κ3) is 3.13. The normalized spacial score (nSPS) is 21.1. The van der Waals surface area contributed by atoms with Gasteiger partial charge in [0.15, 0.2) is 6.04 Å². The largest absolute Gasteiger partial charge is 0.365 e. The van der Waals surface area contributed by atoms with Crippen molar-refractivity contribution in [3.8, 4) is 0 Å². The van der Waals surface area contributed by atoms with E-state index in [0.717, 1.165) is 29.7 Å². The van der Waals surface area contributed by atoms with Crippen molar-refractivity contribution in [2.24, 2.45) is 5.73 Å². The fourth-order valence-electron chi connectivity index (χ4n) is 3.51. The average molecular weight is 338 g/mol. The number of quaternary nitrogens is 1. The first-order chi connectivity index (χ1) is 10.9. The van der Waals surface area contributed by atoms with Crippen molar-refractivity contribution in [1.29, 1.82) is 0 Å². The molecule has 1 aromatic rings. The quantitative estimate of drug-likeness (QED) is 0.734. The van der Waals surface area contributed by atoms with Crippen LogP contribution in [0.25, 0.3) is 0 Å². The third-order valence-electron chi connectivity index (χ3n) is 5.11. The molecular weight excluding hydrogens is 314 g/mol. The van der Waals surface area contributed by atoms with E-state index in [1.807, 2.05) is 12.1 Å². The number of amides is 1. The first-order valence-electron chi connectivity index (χ1n) is 8.15. The van der Waals surface area contributed by atoms with Crippen molar-refractivity contribution < 1.29 is 18.1 Å². The summed E-state index contributed by atoms with van der Waals surface area (Å²) in [6.45, 7) is 3.85. The summed E-state index contributed by atoms with van der Waals surface area (Å²) in [7, 11) is -3.45. The molecule has 0 bridgehead atoms. The number of fused-ring (bicyclic) bond motifs is 1. The highest BCUT2D eigenvalue weighted by Crippen LogP contribution is 2.26. The van der Waals surface area contributed by atoms with Gasteiger partial charge in [-0.2, -0.15) is 4.31 Å². The number of nitrogens with two attached hydrogens (primary N) is 1. The number of carbonyl (C=O) groups excluding carboxylic acids is 1. The van der Waals surface area contributed by atoms with Crippen LogP contribution in [-0.2, 0) is 27.7 Å². The lowest BCUT2D eigenvalue weighted by atomic mass is 10.1. The highest BCUT2D eigenvalue weighted by atomic mass is 32.2. The van der Waals surface area contributed by atoms with Crippen LogP contribution in [0.1, 0.15) is 24.5 Å². The molecule has 1 aliphatic carbocycles. The fraction of sp³-hybridized carbons (Fsp3) is 0.562. The molecule has 3 N–H and O–H groups in total. The van der Waals surface area contributed by atoms with E-state index < -0.39 is 10.0 Å². The number of primary amides is 1. The second kappa shape index (κ2) is 6.22. The van der Waals surface area contributed by atoms with Crippen molar-refractivity contribution in [3.05, 3.63) is 29.3 Å². The molecule has 1 amide bonds. The number of aryl methyl sites for hydroxylation is 2. The SMILES string of the molecule is C[C@@H](C(N)=O)[NH+]1CCN(S(=O)(=O)c2ccc3c(c2)CCC3)CC1. The van der Waals surface area contributed by atoms with Crippen LogP contribution in [0.15, 0.2) is 23.1 Å². The molecule has 0 unspecified atom stereocenters. The zero-order valence-electron chi connectivity index (χ0n) is 13.4. The molecule has 0 aromatic heterocycles. The summed E-state index contributed by atoms with van der Waals surface area (Å²) in [6, 6.07) is 5.24. The summed E-state index contributed by atoms with van der Waals surface area (Å²) in [5.41, 5.74) is 7.77. The number of piperazine rings is 1. The second-order valence-corrected chi connectivity index (χ2v) is 8.41. The average Bonchev–Trinajstić information content (AvgIpc) is 3.01. The molecule has 1 fully saturated rings. The molecular formula is C16H24N3O3S+. The third-order valence-corrected chi connectivity index (χ3v) is 7.01. The Labute approximate surface area is 137 Å². The minimum atomic E-state index is -3.45. The number of sulfonamides is 1. The van der Waals surface area contributed by atoms with Crippen molar-refractivity contribution in [1.82, 2.24) is 4.31 Å². The van der Waals surface area contributed by atoms with Gasteiger partial charge in [0.2, 0.25) is 10.0 Å². The van der Waals surface area contributed by atoms with Gasteiger partial charge in [0.25, 0.3) is 5.91 Å². The summed E-state index contributed by atoms with van der Waals surface area (Å²) in [5, 5.41) is 0.